The first-order valence-corrected chi connectivity index (χ1v) is 11.6. The molecule has 3 aromatic rings. The van der Waals surface area contributed by atoms with Crippen LogP contribution in [0.3, 0.4) is 0 Å². The number of methoxy groups -OCH3 is 3. The van der Waals surface area contributed by atoms with Crippen LogP contribution in [-0.4, -0.2) is 50.1 Å². The van der Waals surface area contributed by atoms with Crippen molar-refractivity contribution in [1.82, 2.24) is 10.2 Å². The van der Waals surface area contributed by atoms with Gasteiger partial charge in [-0.25, -0.2) is 0 Å². The summed E-state index contributed by atoms with van der Waals surface area (Å²) in [6.45, 7) is 4.26. The van der Waals surface area contributed by atoms with Crippen molar-refractivity contribution >= 4 is 23.2 Å². The molecule has 4 rings (SSSR count). The van der Waals surface area contributed by atoms with Crippen LogP contribution in [0.4, 0.5) is 5.69 Å². The van der Waals surface area contributed by atoms with E-state index in [1.54, 1.807) is 18.2 Å². The van der Waals surface area contributed by atoms with Gasteiger partial charge in [-0.3, -0.25) is 4.79 Å². The monoisotopic (exact) mass is 481 g/mol. The summed E-state index contributed by atoms with van der Waals surface area (Å²) in [5.41, 5.74) is 3.65. The third-order valence-corrected chi connectivity index (χ3v) is 6.73. The van der Waals surface area contributed by atoms with Gasteiger partial charge in [0.25, 0.3) is 5.22 Å². The number of aromatic nitrogens is 2. The van der Waals surface area contributed by atoms with Crippen LogP contribution in [0.5, 0.6) is 17.2 Å². The number of ketones is 1. The van der Waals surface area contributed by atoms with Crippen LogP contribution in [-0.2, 0) is 10.2 Å². The second-order valence-corrected chi connectivity index (χ2v) is 9.20. The molecule has 34 heavy (non-hydrogen) atoms. The summed E-state index contributed by atoms with van der Waals surface area (Å²) in [6.07, 6.45) is 1.71. The molecule has 2 aromatic carbocycles. The number of benzene rings is 2. The number of anilines is 1. The van der Waals surface area contributed by atoms with Crippen molar-refractivity contribution in [3.8, 4) is 28.7 Å². The molecule has 0 N–H and O–H groups in total. The number of hydrogen-bond donors (Lipinski definition) is 0. The number of ether oxygens (including phenoxy) is 3. The summed E-state index contributed by atoms with van der Waals surface area (Å²) in [7, 11) is 6.61. The molecule has 0 bridgehead atoms. The fourth-order valence-electron chi connectivity index (χ4n) is 4.18. The molecule has 0 amide bonds. The lowest BCUT2D eigenvalue weighted by molar-refractivity contribution is -0.112. The van der Waals surface area contributed by atoms with Gasteiger partial charge in [0.2, 0.25) is 11.6 Å². The normalized spacial score (nSPS) is 15.4. The second-order valence-electron chi connectivity index (χ2n) is 8.27. The lowest BCUT2D eigenvalue weighted by Gasteiger charge is -2.23. The zero-order chi connectivity index (χ0) is 24.5. The molecule has 0 atom stereocenters. The number of para-hydroxylation sites is 1. The van der Waals surface area contributed by atoms with Gasteiger partial charge >= 0.3 is 0 Å². The maximum Gasteiger partial charge on any atom is 0.277 e. The summed E-state index contributed by atoms with van der Waals surface area (Å²) in [5, 5.41) is 8.49. The number of carbonyl (C=O) groups excluding carboxylic acids is 1. The Kier molecular flexibility index (Phi) is 6.56. The molecule has 0 radical (unpaired) electrons. The second kappa shape index (κ2) is 9.42. The minimum Gasteiger partial charge on any atom is -0.493 e. The molecule has 0 spiro atoms. The van der Waals surface area contributed by atoms with Crippen LogP contribution in [0.1, 0.15) is 19.4 Å². The molecule has 1 aliphatic heterocycles. The van der Waals surface area contributed by atoms with Gasteiger partial charge in [0.1, 0.15) is 0 Å². The third kappa shape index (κ3) is 4.23. The maximum absolute atomic E-state index is 12.8. The van der Waals surface area contributed by atoms with Crippen LogP contribution >= 0.6 is 11.8 Å². The Balaban J connectivity index is 1.49. The molecule has 1 aliphatic rings. The van der Waals surface area contributed by atoms with E-state index < -0.39 is 0 Å². The van der Waals surface area contributed by atoms with E-state index in [0.29, 0.717) is 33.9 Å². The molecular formula is C25H27N3O5S. The zero-order valence-electron chi connectivity index (χ0n) is 20.0. The minimum absolute atomic E-state index is 0.0275. The Bertz CT molecular complexity index is 1230. The summed E-state index contributed by atoms with van der Waals surface area (Å²) in [5.74, 6) is 1.88. The summed E-state index contributed by atoms with van der Waals surface area (Å²) >= 11 is 1.20. The van der Waals surface area contributed by atoms with Crippen LogP contribution < -0.4 is 19.1 Å². The average Bonchev–Trinajstić information content (AvgIpc) is 3.39. The number of allylic oxidation sites excluding steroid dienone is 2. The van der Waals surface area contributed by atoms with E-state index in [-0.39, 0.29) is 17.0 Å². The van der Waals surface area contributed by atoms with Crippen molar-refractivity contribution in [3.63, 3.8) is 0 Å². The van der Waals surface area contributed by atoms with Crippen molar-refractivity contribution in [2.24, 2.45) is 0 Å². The Labute approximate surface area is 202 Å². The van der Waals surface area contributed by atoms with E-state index in [4.69, 9.17) is 18.6 Å². The molecule has 0 aliphatic carbocycles. The van der Waals surface area contributed by atoms with Gasteiger partial charge in [-0.05, 0) is 23.8 Å². The SMILES string of the molecule is COc1cc(-c2nnc(SCC(=O)C=C3N(C)c4ccccc4C3(C)C)o2)cc(OC)c1OC. The molecular weight excluding hydrogens is 454 g/mol. The molecule has 0 unspecified atom stereocenters. The smallest absolute Gasteiger partial charge is 0.277 e. The molecule has 9 heteroatoms. The topological polar surface area (TPSA) is 86.9 Å². The third-order valence-electron chi connectivity index (χ3n) is 5.89. The quantitative estimate of drug-likeness (QED) is 0.334. The highest BCUT2D eigenvalue weighted by Gasteiger charge is 2.38. The Hall–Kier alpha value is -3.46. The number of carbonyl (C=O) groups is 1. The van der Waals surface area contributed by atoms with E-state index in [9.17, 15) is 4.79 Å². The zero-order valence-corrected chi connectivity index (χ0v) is 20.9. The number of likely N-dealkylation sites (N-methyl/N-ethyl adjacent to an activating group) is 1. The number of thioether (sulfide) groups is 1. The van der Waals surface area contributed by atoms with Gasteiger partial charge in [0.15, 0.2) is 17.3 Å². The Morgan fingerprint density at radius 3 is 2.38 bits per heavy atom. The van der Waals surface area contributed by atoms with E-state index in [2.05, 4.69) is 41.1 Å². The molecule has 8 nitrogen and oxygen atoms in total. The molecule has 0 saturated carbocycles. The lowest BCUT2D eigenvalue weighted by atomic mass is 9.83. The fourth-order valence-corrected chi connectivity index (χ4v) is 4.76. The molecule has 1 aromatic heterocycles. The van der Waals surface area contributed by atoms with Gasteiger partial charge in [-0.1, -0.05) is 43.8 Å². The maximum atomic E-state index is 12.8. The van der Waals surface area contributed by atoms with Gasteiger partial charge < -0.3 is 23.5 Å². The predicted octanol–water partition coefficient (Wildman–Crippen LogP) is 4.74. The summed E-state index contributed by atoms with van der Waals surface area (Å²) in [4.78, 5) is 14.9. The van der Waals surface area contributed by atoms with E-state index in [1.165, 1.54) is 38.7 Å². The Morgan fingerprint density at radius 1 is 1.09 bits per heavy atom. The van der Waals surface area contributed by atoms with Gasteiger partial charge in [0, 0.05) is 35.5 Å². The van der Waals surface area contributed by atoms with Gasteiger partial charge in [0.05, 0.1) is 27.1 Å². The van der Waals surface area contributed by atoms with Crippen LogP contribution in [0.2, 0.25) is 0 Å². The summed E-state index contributed by atoms with van der Waals surface area (Å²) in [6, 6.07) is 11.7. The Morgan fingerprint density at radius 2 is 1.76 bits per heavy atom. The van der Waals surface area contributed by atoms with E-state index in [0.717, 1.165) is 11.4 Å². The highest BCUT2D eigenvalue weighted by atomic mass is 32.2. The average molecular weight is 482 g/mol. The molecule has 2 heterocycles. The highest BCUT2D eigenvalue weighted by molar-refractivity contribution is 7.99. The fraction of sp³-hybridized carbons (Fsp3) is 0.320. The van der Waals surface area contributed by atoms with Crippen molar-refractivity contribution in [1.29, 1.82) is 0 Å². The van der Waals surface area contributed by atoms with Crippen molar-refractivity contribution in [2.45, 2.75) is 24.5 Å². The van der Waals surface area contributed by atoms with Gasteiger partial charge in [-0.2, -0.15) is 0 Å². The number of hydrogen-bond acceptors (Lipinski definition) is 9. The van der Waals surface area contributed by atoms with Crippen molar-refractivity contribution in [2.75, 3.05) is 39.0 Å². The first kappa shape index (κ1) is 23.7. The number of rotatable bonds is 8. The largest absolute Gasteiger partial charge is 0.493 e. The first-order chi connectivity index (χ1) is 16.3. The summed E-state index contributed by atoms with van der Waals surface area (Å²) < 4.78 is 21.9. The van der Waals surface area contributed by atoms with Crippen LogP contribution in [0, 0.1) is 0 Å². The van der Waals surface area contributed by atoms with E-state index >= 15 is 0 Å². The van der Waals surface area contributed by atoms with E-state index in [1.807, 2.05) is 19.2 Å². The predicted molar refractivity (Wildman–Crippen MR) is 131 cm³/mol. The molecule has 0 saturated heterocycles. The molecule has 0 fully saturated rings. The number of nitrogens with zero attached hydrogens (tertiary/aromatic N) is 3. The first-order valence-electron chi connectivity index (χ1n) is 10.6. The number of fused-ring (bicyclic) bond motifs is 1. The lowest BCUT2D eigenvalue weighted by Crippen LogP contribution is -2.24. The molecule has 178 valence electrons. The van der Waals surface area contributed by atoms with Crippen LogP contribution in [0.15, 0.2) is 57.8 Å². The van der Waals surface area contributed by atoms with Crippen LogP contribution in [0.25, 0.3) is 11.5 Å². The van der Waals surface area contributed by atoms with Crippen molar-refractivity contribution < 1.29 is 23.4 Å². The minimum atomic E-state index is -0.254. The highest BCUT2D eigenvalue weighted by Crippen LogP contribution is 2.46. The van der Waals surface area contributed by atoms with Crippen molar-refractivity contribution in [3.05, 3.63) is 53.7 Å². The van der Waals surface area contributed by atoms with Gasteiger partial charge in [-0.15, -0.1) is 10.2 Å². The standard InChI is InChI=1S/C25H27N3O5S/c1-25(2)17-9-7-8-10-18(17)28(3)21(25)13-16(29)14-34-24-27-26-23(33-24)15-11-19(30-4)22(32-6)20(12-15)31-5/h7-13H,14H2,1-6H3.